The molecule has 1 saturated heterocycles. The Morgan fingerprint density at radius 1 is 1.39 bits per heavy atom. The number of nitrogens with one attached hydrogen (secondary N) is 1. The lowest BCUT2D eigenvalue weighted by atomic mass is 9.99. The third-order valence-electron chi connectivity index (χ3n) is 3.81. The lowest BCUT2D eigenvalue weighted by Crippen LogP contribution is -2.46. The molecule has 0 spiro atoms. The summed E-state index contributed by atoms with van der Waals surface area (Å²) in [4.78, 5) is 24.4. The first kappa shape index (κ1) is 16.9. The Morgan fingerprint density at radius 3 is 2.91 bits per heavy atom. The van der Waals surface area contributed by atoms with Crippen molar-refractivity contribution in [2.75, 3.05) is 33.4 Å². The van der Waals surface area contributed by atoms with Crippen LogP contribution in [0.1, 0.15) is 12.8 Å². The van der Waals surface area contributed by atoms with Crippen LogP contribution >= 0.6 is 0 Å². The van der Waals surface area contributed by atoms with E-state index in [-0.39, 0.29) is 18.4 Å². The molecule has 1 aromatic carbocycles. The third-order valence-corrected chi connectivity index (χ3v) is 3.81. The Bertz CT molecular complexity index is 550. The number of piperidine rings is 1. The van der Waals surface area contributed by atoms with Crippen LogP contribution in [0.25, 0.3) is 0 Å². The van der Waals surface area contributed by atoms with Crippen molar-refractivity contribution in [3.8, 4) is 11.5 Å². The Kier molecular flexibility index (Phi) is 6.08. The highest BCUT2D eigenvalue weighted by molar-refractivity contribution is 5.83. The van der Waals surface area contributed by atoms with Crippen LogP contribution in [0, 0.1) is 5.92 Å². The summed E-state index contributed by atoms with van der Waals surface area (Å²) in [6.07, 6.45) is 1.94. The van der Waals surface area contributed by atoms with E-state index in [1.807, 2.05) is 24.3 Å². The normalized spacial score (nSPS) is 17.4. The number of hydrogen-bond acceptors (Lipinski definition) is 4. The predicted octanol–water partition coefficient (Wildman–Crippen LogP) is 0.981. The molecule has 0 aromatic heterocycles. The van der Waals surface area contributed by atoms with E-state index in [0.717, 1.165) is 24.3 Å². The van der Waals surface area contributed by atoms with Gasteiger partial charge in [0.05, 0.1) is 20.3 Å². The number of methoxy groups -OCH3 is 1. The van der Waals surface area contributed by atoms with Crippen molar-refractivity contribution in [2.24, 2.45) is 11.7 Å². The molecule has 0 aliphatic carbocycles. The monoisotopic (exact) mass is 321 g/mol. The fraction of sp³-hybridized carbons (Fsp3) is 0.500. The molecule has 1 atom stereocenters. The van der Waals surface area contributed by atoms with Gasteiger partial charge in [-0.1, -0.05) is 6.07 Å². The number of likely N-dealkylation sites (tertiary alicyclic amines) is 1. The van der Waals surface area contributed by atoms with Gasteiger partial charge in [0.1, 0.15) is 11.5 Å². The zero-order valence-corrected chi connectivity index (χ0v) is 13.3. The second-order valence-corrected chi connectivity index (χ2v) is 5.56. The second kappa shape index (κ2) is 8.26. The lowest BCUT2D eigenvalue weighted by Gasteiger charge is -2.32. The van der Waals surface area contributed by atoms with Crippen molar-refractivity contribution in [1.82, 2.24) is 10.2 Å². The molecule has 3 amide bonds. The standard InChI is InChI=1S/C16H23N3O4/c1-22-13-5-2-6-14(8-13)23-11-12-4-3-7-19(10-12)15(20)9-18-16(17)21/h2,5-6,8,12H,3-4,7,9-11H2,1H3,(H3,17,18,21). The van der Waals surface area contributed by atoms with Crippen LogP contribution in [0.3, 0.4) is 0 Å². The molecule has 1 fully saturated rings. The SMILES string of the molecule is COc1cccc(OCC2CCCN(C(=O)CNC(N)=O)C2)c1. The fourth-order valence-electron chi connectivity index (χ4n) is 2.61. The molecule has 7 nitrogen and oxygen atoms in total. The fourth-order valence-corrected chi connectivity index (χ4v) is 2.61. The Morgan fingerprint density at radius 2 is 2.17 bits per heavy atom. The highest BCUT2D eigenvalue weighted by Crippen LogP contribution is 2.22. The molecular formula is C16H23N3O4. The molecule has 23 heavy (non-hydrogen) atoms. The molecule has 3 N–H and O–H groups in total. The van der Waals surface area contributed by atoms with Gasteiger partial charge in [-0.25, -0.2) is 4.79 Å². The number of primary amides is 1. The summed E-state index contributed by atoms with van der Waals surface area (Å²) >= 11 is 0. The third kappa shape index (κ3) is 5.36. The van der Waals surface area contributed by atoms with Gasteiger partial charge in [0.2, 0.25) is 5.91 Å². The number of nitrogens with zero attached hydrogens (tertiary/aromatic N) is 1. The van der Waals surface area contributed by atoms with Crippen molar-refractivity contribution in [3.05, 3.63) is 24.3 Å². The molecule has 1 heterocycles. The van der Waals surface area contributed by atoms with E-state index >= 15 is 0 Å². The summed E-state index contributed by atoms with van der Waals surface area (Å²) in [5.74, 6) is 1.66. The molecule has 126 valence electrons. The van der Waals surface area contributed by atoms with E-state index in [9.17, 15) is 9.59 Å². The summed E-state index contributed by atoms with van der Waals surface area (Å²) in [6, 6.07) is 6.77. The van der Waals surface area contributed by atoms with Crippen LogP contribution in [0.5, 0.6) is 11.5 Å². The summed E-state index contributed by atoms with van der Waals surface area (Å²) in [6.45, 7) is 1.82. The number of carbonyl (C=O) groups excluding carboxylic acids is 2. The first-order valence-electron chi connectivity index (χ1n) is 7.66. The van der Waals surface area contributed by atoms with Crippen molar-refractivity contribution in [2.45, 2.75) is 12.8 Å². The zero-order valence-electron chi connectivity index (χ0n) is 13.3. The molecular weight excluding hydrogens is 298 g/mol. The maximum atomic E-state index is 12.0. The zero-order chi connectivity index (χ0) is 16.7. The maximum absolute atomic E-state index is 12.0. The van der Waals surface area contributed by atoms with E-state index in [1.165, 1.54) is 0 Å². The quantitative estimate of drug-likeness (QED) is 0.817. The number of amides is 3. The Balaban J connectivity index is 1.81. The molecule has 1 aromatic rings. The summed E-state index contributed by atoms with van der Waals surface area (Å²) in [7, 11) is 1.61. The molecule has 1 aliphatic heterocycles. The van der Waals surface area contributed by atoms with E-state index < -0.39 is 6.03 Å². The number of benzene rings is 1. The van der Waals surface area contributed by atoms with Gasteiger partial charge in [-0.2, -0.15) is 0 Å². The van der Waals surface area contributed by atoms with E-state index in [0.29, 0.717) is 19.7 Å². The van der Waals surface area contributed by atoms with Gasteiger partial charge >= 0.3 is 6.03 Å². The van der Waals surface area contributed by atoms with Gasteiger partial charge in [-0.3, -0.25) is 4.79 Å². The molecule has 1 unspecified atom stereocenters. The first-order chi connectivity index (χ1) is 11.1. The van der Waals surface area contributed by atoms with E-state index in [4.69, 9.17) is 15.2 Å². The van der Waals surface area contributed by atoms with Crippen LogP contribution in [0.4, 0.5) is 4.79 Å². The highest BCUT2D eigenvalue weighted by Gasteiger charge is 2.24. The number of nitrogens with two attached hydrogens (primary N) is 1. The van der Waals surface area contributed by atoms with Crippen LogP contribution in [-0.4, -0.2) is 50.2 Å². The van der Waals surface area contributed by atoms with Crippen LogP contribution in [-0.2, 0) is 4.79 Å². The number of rotatable bonds is 6. The number of carbonyl (C=O) groups is 2. The van der Waals surface area contributed by atoms with Crippen molar-refractivity contribution >= 4 is 11.9 Å². The maximum Gasteiger partial charge on any atom is 0.312 e. The molecule has 7 heteroatoms. The first-order valence-corrected chi connectivity index (χ1v) is 7.66. The minimum absolute atomic E-state index is 0.0568. The van der Waals surface area contributed by atoms with E-state index in [1.54, 1.807) is 12.0 Å². The summed E-state index contributed by atoms with van der Waals surface area (Å²) in [5, 5.41) is 2.33. The minimum Gasteiger partial charge on any atom is -0.497 e. The van der Waals surface area contributed by atoms with Crippen molar-refractivity contribution in [1.29, 1.82) is 0 Å². The summed E-state index contributed by atoms with van der Waals surface area (Å²) < 4.78 is 11.0. The Labute approximate surface area is 135 Å². The number of hydrogen-bond donors (Lipinski definition) is 2. The molecule has 0 bridgehead atoms. The minimum atomic E-state index is -0.687. The number of ether oxygens (including phenoxy) is 2. The number of urea groups is 1. The average molecular weight is 321 g/mol. The predicted molar refractivity (Wildman–Crippen MR) is 85.4 cm³/mol. The van der Waals surface area contributed by atoms with Gasteiger partial charge in [0.15, 0.2) is 0 Å². The van der Waals surface area contributed by atoms with Gasteiger partial charge in [0.25, 0.3) is 0 Å². The topological polar surface area (TPSA) is 93.9 Å². The molecule has 1 aliphatic rings. The van der Waals surface area contributed by atoms with Gasteiger partial charge in [-0.15, -0.1) is 0 Å². The van der Waals surface area contributed by atoms with Gasteiger partial charge in [-0.05, 0) is 25.0 Å². The van der Waals surface area contributed by atoms with Gasteiger partial charge in [0, 0.05) is 25.1 Å². The Hall–Kier alpha value is -2.44. The highest BCUT2D eigenvalue weighted by atomic mass is 16.5. The van der Waals surface area contributed by atoms with E-state index in [2.05, 4.69) is 5.32 Å². The van der Waals surface area contributed by atoms with Gasteiger partial charge < -0.3 is 25.4 Å². The molecule has 0 radical (unpaired) electrons. The average Bonchev–Trinajstić information content (AvgIpc) is 2.58. The van der Waals surface area contributed by atoms with Crippen molar-refractivity contribution in [3.63, 3.8) is 0 Å². The largest absolute Gasteiger partial charge is 0.497 e. The van der Waals surface area contributed by atoms with Crippen LogP contribution in [0.2, 0.25) is 0 Å². The molecule has 0 saturated carbocycles. The smallest absolute Gasteiger partial charge is 0.312 e. The van der Waals surface area contributed by atoms with Crippen molar-refractivity contribution < 1.29 is 19.1 Å². The van der Waals surface area contributed by atoms with Crippen LogP contribution in [0.15, 0.2) is 24.3 Å². The second-order valence-electron chi connectivity index (χ2n) is 5.56. The van der Waals surface area contributed by atoms with Crippen LogP contribution < -0.4 is 20.5 Å². The lowest BCUT2D eigenvalue weighted by molar-refractivity contribution is -0.132. The molecule has 2 rings (SSSR count). The summed E-state index contributed by atoms with van der Waals surface area (Å²) in [5.41, 5.74) is 4.98.